The molecule has 1 N–H and O–H groups in total. The van der Waals surface area contributed by atoms with Crippen LogP contribution in [0.3, 0.4) is 0 Å². The van der Waals surface area contributed by atoms with Crippen LogP contribution in [0.1, 0.15) is 19.3 Å². The van der Waals surface area contributed by atoms with Gasteiger partial charge in [0.25, 0.3) is 5.03 Å². The molecule has 0 spiro atoms. The van der Waals surface area contributed by atoms with Crippen LogP contribution in [0.4, 0.5) is 0 Å². The van der Waals surface area contributed by atoms with E-state index in [1.54, 1.807) is 12.1 Å². The molecule has 0 aliphatic carbocycles. The molecular formula is C11H14N2O2S. The van der Waals surface area contributed by atoms with Gasteiger partial charge in [-0.25, -0.2) is 0 Å². The van der Waals surface area contributed by atoms with Gasteiger partial charge in [-0.2, -0.15) is 4.73 Å². The third kappa shape index (κ3) is 2.66. The molecule has 1 aliphatic rings. The Morgan fingerprint density at radius 2 is 2.31 bits per heavy atom. The third-order valence-electron chi connectivity index (χ3n) is 2.54. The van der Waals surface area contributed by atoms with Crippen LogP contribution in [0.2, 0.25) is 0 Å². The molecule has 2 rings (SSSR count). The van der Waals surface area contributed by atoms with Gasteiger partial charge < -0.3 is 10.5 Å². The Labute approximate surface area is 98.6 Å². The van der Waals surface area contributed by atoms with E-state index >= 15 is 0 Å². The fraction of sp³-hybridized carbons (Fsp3) is 0.455. The zero-order chi connectivity index (χ0) is 11.4. The van der Waals surface area contributed by atoms with Crippen molar-refractivity contribution in [3.05, 3.63) is 29.6 Å². The normalized spacial score (nSPS) is 21.2. The second-order valence-corrected chi connectivity index (χ2v) is 4.98. The van der Waals surface area contributed by atoms with Gasteiger partial charge in [0.05, 0.1) is 5.25 Å². The molecule has 1 fully saturated rings. The number of hydrogen-bond donors (Lipinski definition) is 1. The van der Waals surface area contributed by atoms with E-state index in [0.29, 0.717) is 5.03 Å². The fourth-order valence-corrected chi connectivity index (χ4v) is 2.76. The monoisotopic (exact) mass is 238 g/mol. The number of carbonyl (C=O) groups excluding carboxylic acids is 1. The van der Waals surface area contributed by atoms with E-state index in [1.807, 2.05) is 6.07 Å². The molecule has 1 aromatic heterocycles. The van der Waals surface area contributed by atoms with E-state index in [2.05, 4.69) is 5.32 Å². The van der Waals surface area contributed by atoms with Crippen LogP contribution in [0.5, 0.6) is 0 Å². The lowest BCUT2D eigenvalue weighted by Crippen LogP contribution is -2.33. The lowest BCUT2D eigenvalue weighted by molar-refractivity contribution is -0.645. The molecule has 1 saturated heterocycles. The summed E-state index contributed by atoms with van der Waals surface area (Å²) in [4.78, 5) is 11.7. The molecule has 0 radical (unpaired) electrons. The first-order valence-electron chi connectivity index (χ1n) is 5.40. The van der Waals surface area contributed by atoms with Crippen molar-refractivity contribution in [2.45, 2.75) is 29.5 Å². The molecule has 5 heteroatoms. The predicted octanol–water partition coefficient (Wildman–Crippen LogP) is 1.08. The Morgan fingerprint density at radius 1 is 1.44 bits per heavy atom. The van der Waals surface area contributed by atoms with Gasteiger partial charge in [0.1, 0.15) is 0 Å². The Hall–Kier alpha value is -1.23. The van der Waals surface area contributed by atoms with Crippen molar-refractivity contribution >= 4 is 17.7 Å². The number of rotatable bonds is 2. The van der Waals surface area contributed by atoms with E-state index in [0.717, 1.165) is 30.5 Å². The Morgan fingerprint density at radius 3 is 3.12 bits per heavy atom. The first kappa shape index (κ1) is 11.3. The van der Waals surface area contributed by atoms with Crippen LogP contribution in [0, 0.1) is 5.21 Å². The number of nitrogens with one attached hydrogen (secondary N) is 1. The summed E-state index contributed by atoms with van der Waals surface area (Å²) in [5.74, 6) is 0.0475. The number of aromatic nitrogens is 1. The van der Waals surface area contributed by atoms with Gasteiger partial charge >= 0.3 is 0 Å². The second kappa shape index (κ2) is 5.21. The molecule has 1 atom stereocenters. The molecule has 0 aromatic carbocycles. The molecule has 86 valence electrons. The summed E-state index contributed by atoms with van der Waals surface area (Å²) in [6, 6.07) is 5.24. The number of hydrogen-bond acceptors (Lipinski definition) is 3. The summed E-state index contributed by atoms with van der Waals surface area (Å²) >= 11 is 1.35. The highest BCUT2D eigenvalue weighted by Gasteiger charge is 2.24. The topological polar surface area (TPSA) is 56.0 Å². The summed E-state index contributed by atoms with van der Waals surface area (Å²) in [5, 5.41) is 14.8. The maximum atomic E-state index is 11.7. The van der Waals surface area contributed by atoms with Crippen LogP contribution >= 0.6 is 11.8 Å². The minimum absolute atomic E-state index is 0.0475. The van der Waals surface area contributed by atoms with Crippen molar-refractivity contribution in [2.24, 2.45) is 0 Å². The van der Waals surface area contributed by atoms with Crippen LogP contribution in [0.15, 0.2) is 29.4 Å². The smallest absolute Gasteiger partial charge is 0.252 e. The molecule has 0 bridgehead atoms. The molecule has 16 heavy (non-hydrogen) atoms. The lowest BCUT2D eigenvalue weighted by atomic mass is 10.2. The summed E-state index contributed by atoms with van der Waals surface area (Å²) in [6.45, 7) is 0.752. The van der Waals surface area contributed by atoms with Gasteiger partial charge in [0.15, 0.2) is 6.20 Å². The Kier molecular flexibility index (Phi) is 3.66. The highest BCUT2D eigenvalue weighted by Crippen LogP contribution is 2.25. The Balaban J connectivity index is 2.08. The minimum Gasteiger partial charge on any atom is -0.618 e. The number of nitrogens with zero attached hydrogens (tertiary/aromatic N) is 1. The van der Waals surface area contributed by atoms with Crippen LogP contribution in [-0.4, -0.2) is 17.7 Å². The van der Waals surface area contributed by atoms with E-state index in [9.17, 15) is 10.0 Å². The van der Waals surface area contributed by atoms with Crippen molar-refractivity contribution < 1.29 is 9.52 Å². The first-order chi connectivity index (χ1) is 7.77. The molecule has 1 aliphatic heterocycles. The quantitative estimate of drug-likeness (QED) is 0.619. The lowest BCUT2D eigenvalue weighted by Gasteiger charge is -2.11. The molecule has 4 nitrogen and oxygen atoms in total. The van der Waals surface area contributed by atoms with Gasteiger partial charge in [-0.3, -0.25) is 4.79 Å². The zero-order valence-corrected chi connectivity index (χ0v) is 9.70. The van der Waals surface area contributed by atoms with Gasteiger partial charge in [0.2, 0.25) is 5.91 Å². The largest absolute Gasteiger partial charge is 0.618 e. The number of thioether (sulfide) groups is 1. The highest BCUT2D eigenvalue weighted by molar-refractivity contribution is 8.00. The molecular weight excluding hydrogens is 224 g/mol. The van der Waals surface area contributed by atoms with Crippen LogP contribution in [0.25, 0.3) is 0 Å². The van der Waals surface area contributed by atoms with E-state index < -0.39 is 0 Å². The Bertz CT molecular complexity index is 384. The number of pyridine rings is 1. The predicted molar refractivity (Wildman–Crippen MR) is 61.9 cm³/mol. The van der Waals surface area contributed by atoms with Gasteiger partial charge in [-0.05, 0) is 30.7 Å². The average molecular weight is 238 g/mol. The average Bonchev–Trinajstić information content (AvgIpc) is 2.48. The van der Waals surface area contributed by atoms with Crippen molar-refractivity contribution in [1.29, 1.82) is 0 Å². The molecule has 0 saturated carbocycles. The maximum Gasteiger partial charge on any atom is 0.252 e. The molecule has 1 unspecified atom stereocenters. The fourth-order valence-electron chi connectivity index (χ4n) is 1.67. The van der Waals surface area contributed by atoms with Gasteiger partial charge in [-0.15, -0.1) is 0 Å². The van der Waals surface area contributed by atoms with E-state index in [1.165, 1.54) is 18.0 Å². The minimum atomic E-state index is -0.134. The highest BCUT2D eigenvalue weighted by atomic mass is 32.2. The van der Waals surface area contributed by atoms with Crippen molar-refractivity contribution in [3.63, 3.8) is 0 Å². The van der Waals surface area contributed by atoms with Gasteiger partial charge in [0, 0.05) is 18.7 Å². The molecule has 1 aromatic rings. The maximum absolute atomic E-state index is 11.7. The van der Waals surface area contributed by atoms with Gasteiger partial charge in [-0.1, -0.05) is 6.42 Å². The summed E-state index contributed by atoms with van der Waals surface area (Å²) in [6.07, 6.45) is 4.35. The summed E-state index contributed by atoms with van der Waals surface area (Å²) in [7, 11) is 0. The standard InChI is InChI=1S/C11H14N2O2S/c14-11-9(5-1-3-7-12-11)16-10-6-2-4-8-13(10)15/h2,4,6,8-9H,1,3,5,7H2,(H,12,14). The zero-order valence-electron chi connectivity index (χ0n) is 8.89. The summed E-state index contributed by atoms with van der Waals surface area (Å²) < 4.78 is 0.808. The first-order valence-corrected chi connectivity index (χ1v) is 6.28. The molecule has 2 heterocycles. The van der Waals surface area contributed by atoms with Crippen molar-refractivity contribution in [3.8, 4) is 0 Å². The number of amides is 1. The van der Waals surface area contributed by atoms with Crippen molar-refractivity contribution in [1.82, 2.24) is 5.32 Å². The van der Waals surface area contributed by atoms with Crippen LogP contribution < -0.4 is 10.0 Å². The van der Waals surface area contributed by atoms with E-state index in [4.69, 9.17) is 0 Å². The third-order valence-corrected chi connectivity index (χ3v) is 3.83. The second-order valence-electron chi connectivity index (χ2n) is 3.76. The SMILES string of the molecule is O=C1NCCCCC1Sc1cccc[n+]1[O-]. The van der Waals surface area contributed by atoms with Crippen LogP contribution in [-0.2, 0) is 4.79 Å². The number of carbonyl (C=O) groups is 1. The van der Waals surface area contributed by atoms with Crippen molar-refractivity contribution in [2.75, 3.05) is 6.54 Å². The van der Waals surface area contributed by atoms with E-state index in [-0.39, 0.29) is 11.2 Å². The molecule has 1 amide bonds. The summed E-state index contributed by atoms with van der Waals surface area (Å²) in [5.41, 5.74) is 0.